The van der Waals surface area contributed by atoms with Gasteiger partial charge in [0.25, 0.3) is 12.6 Å². The average Bonchev–Trinajstić information content (AvgIpc) is 3.89. The molecule has 8 aliphatic rings. The molecule has 0 radical (unpaired) electrons. The van der Waals surface area contributed by atoms with Crippen molar-refractivity contribution in [3.8, 4) is 11.5 Å². The Bertz CT molecular complexity index is 1890. The maximum absolute atomic E-state index is 14.0. The number of H-pyrrole nitrogens is 2. The summed E-state index contributed by atoms with van der Waals surface area (Å²) in [6.45, 7) is 0.764. The number of carbonyl (C=O) groups is 2. The summed E-state index contributed by atoms with van der Waals surface area (Å²) in [5.74, 6) is 3.10. The smallest absolute Gasteiger partial charge is 0.420 e. The first-order valence-corrected chi connectivity index (χ1v) is 21.7. The topological polar surface area (TPSA) is 145 Å². The van der Waals surface area contributed by atoms with Crippen LogP contribution in [-0.2, 0) is 28.5 Å². The Labute approximate surface area is 339 Å². The number of nitrogens with one attached hydrogen (secondary N) is 4. The Morgan fingerprint density at radius 2 is 0.948 bits per heavy atom. The molecule has 0 saturated heterocycles. The fraction of sp³-hybridized carbons (Fsp3) is 0.609. The van der Waals surface area contributed by atoms with Gasteiger partial charge in [0.05, 0.1) is 0 Å². The van der Waals surface area contributed by atoms with E-state index in [1.165, 1.54) is 38.5 Å². The number of aromatic nitrogens is 2. The number of rotatable bonds is 16. The molecule has 2 aromatic carbocycles. The van der Waals surface area contributed by atoms with E-state index in [0.717, 1.165) is 95.8 Å². The first kappa shape index (κ1) is 38.1. The van der Waals surface area contributed by atoms with Gasteiger partial charge >= 0.3 is 11.9 Å². The van der Waals surface area contributed by atoms with Crippen molar-refractivity contribution in [3.05, 3.63) is 60.9 Å². The zero-order valence-electron chi connectivity index (χ0n) is 33.7. The summed E-state index contributed by atoms with van der Waals surface area (Å²) < 4.78 is 37.0. The van der Waals surface area contributed by atoms with Gasteiger partial charge in [-0.3, -0.25) is 0 Å². The van der Waals surface area contributed by atoms with E-state index in [0.29, 0.717) is 24.6 Å². The maximum Gasteiger partial charge on any atom is 0.420 e. The standard InChI is InChI=1S/C46H58N4O8/c1-53-39(25-49-45-19-27-13-28(20-45)15-29(14-27)21-45)43(55-37-7-3-5-35-33(37)9-11-47-35)57-41(51)42(52)58-44(56-38-8-4-6-36-34(38)10-12-48-36)40(54-2)26-50-46-22-30-16-31(23-46)18-32(17-30)24-46/h3-12,27-32,39-40,43-44,47-50H,13-26H2,1-2H3. The van der Waals surface area contributed by atoms with E-state index in [9.17, 15) is 9.59 Å². The van der Waals surface area contributed by atoms with Crippen molar-refractivity contribution in [2.45, 2.75) is 113 Å². The fourth-order valence-electron chi connectivity index (χ4n) is 13.1. The van der Waals surface area contributed by atoms with Gasteiger partial charge in [0, 0.05) is 72.6 Å². The van der Waals surface area contributed by atoms with Gasteiger partial charge in [0.2, 0.25) is 0 Å². The van der Waals surface area contributed by atoms with Gasteiger partial charge in [-0.15, -0.1) is 0 Å². The van der Waals surface area contributed by atoms with Gasteiger partial charge in [-0.25, -0.2) is 9.59 Å². The third-order valence-electron chi connectivity index (χ3n) is 14.9. The van der Waals surface area contributed by atoms with Crippen LogP contribution in [0.5, 0.6) is 11.5 Å². The number of esters is 2. The Balaban J connectivity index is 0.880. The molecule has 0 aliphatic heterocycles. The SMILES string of the molecule is COC(CNC12CC3CC(CC(C3)C1)C2)C(OC(=O)C(=O)OC(Oc1cccc2[nH]ccc12)C(CNC12CC3CC(CC(C3)C1)C2)OC)Oc1cccc2[nH]ccc12. The van der Waals surface area contributed by atoms with Crippen molar-refractivity contribution >= 4 is 33.7 Å². The van der Waals surface area contributed by atoms with E-state index in [-0.39, 0.29) is 11.1 Å². The van der Waals surface area contributed by atoms with Gasteiger partial charge in [-0.05, 0) is 149 Å². The highest BCUT2D eigenvalue weighted by Gasteiger charge is 2.52. The highest BCUT2D eigenvalue weighted by molar-refractivity contribution is 6.29. The van der Waals surface area contributed by atoms with Crippen LogP contribution in [0, 0.1) is 35.5 Å². The van der Waals surface area contributed by atoms with Crippen LogP contribution in [0.2, 0.25) is 0 Å². The predicted octanol–water partition coefficient (Wildman–Crippen LogP) is 6.99. The van der Waals surface area contributed by atoms with Gasteiger partial charge in [0.15, 0.2) is 0 Å². The first-order valence-electron chi connectivity index (χ1n) is 21.7. The Kier molecular flexibility index (Phi) is 10.2. The molecule has 310 valence electrons. The second-order valence-corrected chi connectivity index (χ2v) is 18.9. The normalized spacial score (nSPS) is 32.6. The van der Waals surface area contributed by atoms with E-state index < -0.39 is 36.7 Å². The molecule has 0 amide bonds. The number of fused-ring (bicyclic) bond motifs is 2. The molecule has 58 heavy (non-hydrogen) atoms. The van der Waals surface area contributed by atoms with Crippen molar-refractivity contribution in [3.63, 3.8) is 0 Å². The molecule has 2 aromatic heterocycles. The molecule has 4 N–H and O–H groups in total. The van der Waals surface area contributed by atoms with Crippen LogP contribution in [0.3, 0.4) is 0 Å². The van der Waals surface area contributed by atoms with Crippen LogP contribution >= 0.6 is 0 Å². The van der Waals surface area contributed by atoms with Crippen LogP contribution < -0.4 is 20.1 Å². The zero-order chi connectivity index (χ0) is 39.4. The van der Waals surface area contributed by atoms with Crippen LogP contribution in [0.15, 0.2) is 60.9 Å². The molecule has 0 spiro atoms. The monoisotopic (exact) mass is 794 g/mol. The van der Waals surface area contributed by atoms with Crippen LogP contribution in [0.4, 0.5) is 0 Å². The Morgan fingerprint density at radius 1 is 0.586 bits per heavy atom. The highest BCUT2D eigenvalue weighted by atomic mass is 16.8. The molecule has 12 nitrogen and oxygen atoms in total. The Hall–Kier alpha value is -4.10. The number of carbonyl (C=O) groups excluding carboxylic acids is 2. The minimum absolute atomic E-state index is 0.0337. The third-order valence-corrected chi connectivity index (χ3v) is 14.9. The van der Waals surface area contributed by atoms with E-state index in [2.05, 4.69) is 20.6 Å². The number of hydrogen-bond donors (Lipinski definition) is 4. The molecule has 4 atom stereocenters. The number of benzene rings is 2. The summed E-state index contributed by atoms with van der Waals surface area (Å²) in [4.78, 5) is 34.4. The summed E-state index contributed by atoms with van der Waals surface area (Å²) in [7, 11) is 3.16. The van der Waals surface area contributed by atoms with Crippen molar-refractivity contribution in [1.29, 1.82) is 0 Å². The molecule has 4 unspecified atom stereocenters. The molecule has 12 heteroatoms. The lowest BCUT2D eigenvalue weighted by molar-refractivity contribution is -0.207. The minimum Gasteiger partial charge on any atom is -0.451 e. The predicted molar refractivity (Wildman–Crippen MR) is 217 cm³/mol. The number of hydrogen-bond acceptors (Lipinski definition) is 10. The van der Waals surface area contributed by atoms with Crippen LogP contribution in [0.1, 0.15) is 77.0 Å². The zero-order valence-corrected chi connectivity index (χ0v) is 33.7. The van der Waals surface area contributed by atoms with Gasteiger partial charge in [-0.2, -0.15) is 0 Å². The molecule has 8 aliphatic carbocycles. The maximum atomic E-state index is 14.0. The Morgan fingerprint density at radius 3 is 1.29 bits per heavy atom. The largest absolute Gasteiger partial charge is 0.451 e. The quantitative estimate of drug-likeness (QED) is 0.0532. The second-order valence-electron chi connectivity index (χ2n) is 18.9. The lowest BCUT2D eigenvalue weighted by atomic mass is 9.53. The van der Waals surface area contributed by atoms with Crippen LogP contribution in [0.25, 0.3) is 21.8 Å². The minimum atomic E-state index is -1.27. The van der Waals surface area contributed by atoms with Crippen molar-refractivity contribution in [2.24, 2.45) is 35.5 Å². The van der Waals surface area contributed by atoms with Gasteiger partial charge in [0.1, 0.15) is 23.7 Å². The van der Waals surface area contributed by atoms with Crippen molar-refractivity contribution in [2.75, 3.05) is 27.3 Å². The molecule has 12 rings (SSSR count). The molecule has 8 fully saturated rings. The third kappa shape index (κ3) is 7.50. The highest BCUT2D eigenvalue weighted by Crippen LogP contribution is 2.56. The molecule has 8 bridgehead atoms. The lowest BCUT2D eigenvalue weighted by Crippen LogP contribution is -2.61. The summed E-state index contributed by atoms with van der Waals surface area (Å²) >= 11 is 0. The average molecular weight is 795 g/mol. The van der Waals surface area contributed by atoms with Gasteiger partial charge < -0.3 is 49.0 Å². The van der Waals surface area contributed by atoms with Gasteiger partial charge in [-0.1, -0.05) is 12.1 Å². The lowest BCUT2D eigenvalue weighted by Gasteiger charge is -2.57. The summed E-state index contributed by atoms with van der Waals surface area (Å²) in [5, 5.41) is 9.37. The molecular formula is C46H58N4O8. The van der Waals surface area contributed by atoms with E-state index in [4.69, 9.17) is 28.4 Å². The summed E-state index contributed by atoms with van der Waals surface area (Å²) in [5.41, 5.74) is 1.80. The van der Waals surface area contributed by atoms with Crippen molar-refractivity contribution < 1.29 is 38.0 Å². The first-order chi connectivity index (χ1) is 28.2. The molecule has 8 saturated carbocycles. The fourth-order valence-corrected chi connectivity index (χ4v) is 13.1. The summed E-state index contributed by atoms with van der Waals surface area (Å²) in [6, 6.07) is 15.1. The molecule has 4 aromatic rings. The van der Waals surface area contributed by atoms with Crippen LogP contribution in [-0.4, -0.2) is 85.1 Å². The van der Waals surface area contributed by atoms with E-state index in [1.54, 1.807) is 14.2 Å². The molecular weight excluding hydrogens is 737 g/mol. The second kappa shape index (κ2) is 15.5. The van der Waals surface area contributed by atoms with E-state index in [1.807, 2.05) is 60.9 Å². The number of ether oxygens (including phenoxy) is 6. The molecule has 2 heterocycles. The van der Waals surface area contributed by atoms with Crippen molar-refractivity contribution in [1.82, 2.24) is 20.6 Å². The number of aromatic amines is 2. The van der Waals surface area contributed by atoms with E-state index >= 15 is 0 Å². The summed E-state index contributed by atoms with van der Waals surface area (Å²) in [6.07, 6.45) is 14.5. The number of methoxy groups -OCH3 is 2.